The number of benzene rings is 2. The molecule has 4 nitrogen and oxygen atoms in total. The number of aryl methyl sites for hydroxylation is 1. The summed E-state index contributed by atoms with van der Waals surface area (Å²) in [7, 11) is 0. The lowest BCUT2D eigenvalue weighted by Crippen LogP contribution is -2.56. The minimum atomic E-state index is -1.80. The molecule has 0 aliphatic rings. The molecule has 0 aliphatic heterocycles. The van der Waals surface area contributed by atoms with E-state index in [1.165, 1.54) is 0 Å². The van der Waals surface area contributed by atoms with Crippen molar-refractivity contribution in [3.8, 4) is 0 Å². The van der Waals surface area contributed by atoms with E-state index in [0.29, 0.717) is 5.56 Å². The average Bonchev–Trinajstić information content (AvgIpc) is 2.54. The number of amides is 1. The third kappa shape index (κ3) is 6.36. The molecule has 3 N–H and O–H groups in total. The molecular weight excluding hydrogens is 401 g/mol. The van der Waals surface area contributed by atoms with Crippen molar-refractivity contribution in [3.05, 3.63) is 65.7 Å². The van der Waals surface area contributed by atoms with Gasteiger partial charge in [0.25, 0.3) is 5.91 Å². The minimum absolute atomic E-state index is 0.215. The van der Waals surface area contributed by atoms with Gasteiger partial charge in [0.15, 0.2) is 5.11 Å². The Bertz CT molecular complexity index is 733. The molecule has 1 unspecified atom stereocenters. The zero-order chi connectivity index (χ0) is 18.4. The van der Waals surface area contributed by atoms with Crippen LogP contribution in [-0.2, 0) is 0 Å². The number of hydrogen-bond acceptors (Lipinski definition) is 2. The Morgan fingerprint density at radius 3 is 2.16 bits per heavy atom. The number of anilines is 1. The van der Waals surface area contributed by atoms with Gasteiger partial charge in [-0.2, -0.15) is 0 Å². The molecule has 0 saturated carbocycles. The number of carbonyl (C=O) groups is 1. The summed E-state index contributed by atoms with van der Waals surface area (Å²) in [6.45, 7) is 1.93. The van der Waals surface area contributed by atoms with Crippen LogP contribution in [0.25, 0.3) is 0 Å². The zero-order valence-electron chi connectivity index (χ0n) is 13.2. The van der Waals surface area contributed by atoms with E-state index in [2.05, 4.69) is 16.0 Å². The number of alkyl halides is 3. The third-order valence-corrected chi connectivity index (χ3v) is 4.10. The Hall–Kier alpha value is -1.53. The summed E-state index contributed by atoms with van der Waals surface area (Å²) in [5.41, 5.74) is 2.27. The van der Waals surface area contributed by atoms with Gasteiger partial charge in [0, 0.05) is 11.3 Å². The van der Waals surface area contributed by atoms with E-state index in [0.717, 1.165) is 11.3 Å². The fourth-order valence-corrected chi connectivity index (χ4v) is 2.50. The van der Waals surface area contributed by atoms with Crippen molar-refractivity contribution in [3.63, 3.8) is 0 Å². The van der Waals surface area contributed by atoms with Gasteiger partial charge in [-0.05, 0) is 43.4 Å². The highest BCUT2D eigenvalue weighted by molar-refractivity contribution is 7.80. The first-order chi connectivity index (χ1) is 11.8. The van der Waals surface area contributed by atoms with Crippen molar-refractivity contribution in [2.24, 2.45) is 0 Å². The zero-order valence-corrected chi connectivity index (χ0v) is 16.3. The van der Waals surface area contributed by atoms with Crippen LogP contribution in [0.4, 0.5) is 5.69 Å². The molecule has 25 heavy (non-hydrogen) atoms. The number of thiocarbonyl (C=S) groups is 1. The third-order valence-electron chi connectivity index (χ3n) is 3.22. The van der Waals surface area contributed by atoms with Crippen molar-refractivity contribution < 1.29 is 4.79 Å². The second kappa shape index (κ2) is 8.72. The summed E-state index contributed by atoms with van der Waals surface area (Å²) >= 11 is 23.1. The van der Waals surface area contributed by atoms with Gasteiger partial charge in [-0.15, -0.1) is 0 Å². The van der Waals surface area contributed by atoms with Crippen molar-refractivity contribution in [2.45, 2.75) is 16.9 Å². The number of halogens is 3. The fraction of sp³-hybridized carbons (Fsp3) is 0.176. The molecule has 1 amide bonds. The summed E-state index contributed by atoms with van der Waals surface area (Å²) < 4.78 is -1.80. The Balaban J connectivity index is 2.04. The van der Waals surface area contributed by atoms with Crippen LogP contribution in [0.15, 0.2) is 54.6 Å². The second-order valence-corrected chi connectivity index (χ2v) is 8.06. The first-order valence-corrected chi connectivity index (χ1v) is 8.87. The van der Waals surface area contributed by atoms with Crippen LogP contribution in [-0.4, -0.2) is 21.0 Å². The molecular formula is C17H16Cl3N3OS. The summed E-state index contributed by atoms with van der Waals surface area (Å²) in [5.74, 6) is -0.383. The van der Waals surface area contributed by atoms with Gasteiger partial charge in [-0.1, -0.05) is 70.7 Å². The van der Waals surface area contributed by atoms with Gasteiger partial charge in [0.1, 0.15) is 6.17 Å². The van der Waals surface area contributed by atoms with Crippen molar-refractivity contribution in [1.82, 2.24) is 10.6 Å². The van der Waals surface area contributed by atoms with Crippen LogP contribution in [0.1, 0.15) is 15.9 Å². The molecule has 0 aliphatic carbocycles. The number of hydrogen-bond donors (Lipinski definition) is 3. The molecule has 0 radical (unpaired) electrons. The SMILES string of the molecule is Cc1ccc(C(=O)NC(NC(=S)Nc2ccccc2)C(Cl)(Cl)Cl)cc1. The lowest BCUT2D eigenvalue weighted by atomic mass is 10.1. The summed E-state index contributed by atoms with van der Waals surface area (Å²) in [6.07, 6.45) is -1.02. The molecule has 0 saturated heterocycles. The van der Waals surface area contributed by atoms with Crippen LogP contribution >= 0.6 is 47.0 Å². The monoisotopic (exact) mass is 415 g/mol. The van der Waals surface area contributed by atoms with E-state index in [4.69, 9.17) is 47.0 Å². The topological polar surface area (TPSA) is 53.2 Å². The maximum atomic E-state index is 12.4. The second-order valence-electron chi connectivity index (χ2n) is 5.28. The molecule has 0 aromatic heterocycles. The van der Waals surface area contributed by atoms with Crippen LogP contribution in [0, 0.1) is 6.92 Å². The van der Waals surface area contributed by atoms with Gasteiger partial charge in [0.05, 0.1) is 0 Å². The van der Waals surface area contributed by atoms with E-state index < -0.39 is 9.96 Å². The largest absolute Gasteiger partial charge is 0.339 e. The predicted molar refractivity (Wildman–Crippen MR) is 109 cm³/mol. The Morgan fingerprint density at radius 2 is 1.60 bits per heavy atom. The molecule has 0 spiro atoms. The lowest BCUT2D eigenvalue weighted by Gasteiger charge is -2.27. The molecule has 2 aromatic rings. The smallest absolute Gasteiger partial charge is 0.252 e. The maximum absolute atomic E-state index is 12.4. The quantitative estimate of drug-likeness (QED) is 0.393. The van der Waals surface area contributed by atoms with Gasteiger partial charge in [-0.25, -0.2) is 0 Å². The minimum Gasteiger partial charge on any atom is -0.339 e. The van der Waals surface area contributed by atoms with Crippen LogP contribution in [0.3, 0.4) is 0 Å². The molecule has 2 aromatic carbocycles. The summed E-state index contributed by atoms with van der Waals surface area (Å²) in [4.78, 5) is 12.4. The molecule has 0 heterocycles. The Morgan fingerprint density at radius 1 is 1.00 bits per heavy atom. The van der Waals surface area contributed by atoms with E-state index in [9.17, 15) is 4.79 Å². The summed E-state index contributed by atoms with van der Waals surface area (Å²) in [6, 6.07) is 16.3. The van der Waals surface area contributed by atoms with E-state index in [1.807, 2.05) is 49.4 Å². The number of rotatable bonds is 4. The van der Waals surface area contributed by atoms with Crippen LogP contribution < -0.4 is 16.0 Å². The normalized spacial score (nSPS) is 12.2. The highest BCUT2D eigenvalue weighted by Gasteiger charge is 2.34. The highest BCUT2D eigenvalue weighted by atomic mass is 35.6. The molecule has 0 fully saturated rings. The highest BCUT2D eigenvalue weighted by Crippen LogP contribution is 2.29. The molecule has 2 rings (SSSR count). The molecule has 1 atom stereocenters. The number of carbonyl (C=O) groups excluding carboxylic acids is 1. The number of nitrogens with one attached hydrogen (secondary N) is 3. The molecule has 8 heteroatoms. The average molecular weight is 417 g/mol. The Kier molecular flexibility index (Phi) is 6.90. The van der Waals surface area contributed by atoms with Crippen molar-refractivity contribution in [1.29, 1.82) is 0 Å². The molecule has 132 valence electrons. The van der Waals surface area contributed by atoms with Gasteiger partial charge in [-0.3, -0.25) is 4.79 Å². The van der Waals surface area contributed by atoms with Gasteiger partial charge < -0.3 is 16.0 Å². The number of para-hydroxylation sites is 1. The van der Waals surface area contributed by atoms with Gasteiger partial charge >= 0.3 is 0 Å². The Labute approximate surface area is 166 Å². The predicted octanol–water partition coefficient (Wildman–Crippen LogP) is 4.41. The van der Waals surface area contributed by atoms with Crippen LogP contribution in [0.2, 0.25) is 0 Å². The fourth-order valence-electron chi connectivity index (χ4n) is 1.94. The van der Waals surface area contributed by atoms with E-state index >= 15 is 0 Å². The van der Waals surface area contributed by atoms with Crippen LogP contribution in [0.5, 0.6) is 0 Å². The van der Waals surface area contributed by atoms with E-state index in [1.54, 1.807) is 12.1 Å². The maximum Gasteiger partial charge on any atom is 0.252 e. The van der Waals surface area contributed by atoms with Gasteiger partial charge in [0.2, 0.25) is 3.79 Å². The molecule has 0 bridgehead atoms. The first-order valence-electron chi connectivity index (χ1n) is 7.32. The lowest BCUT2D eigenvalue weighted by molar-refractivity contribution is 0.0934. The van der Waals surface area contributed by atoms with E-state index in [-0.39, 0.29) is 11.0 Å². The summed E-state index contributed by atoms with van der Waals surface area (Å²) in [5, 5.41) is 8.62. The van der Waals surface area contributed by atoms with Crippen molar-refractivity contribution in [2.75, 3.05) is 5.32 Å². The van der Waals surface area contributed by atoms with Crippen molar-refractivity contribution >= 4 is 63.7 Å². The standard InChI is InChI=1S/C17H16Cl3N3OS/c1-11-7-9-12(10-8-11)14(24)22-15(17(18,19)20)23-16(25)21-13-5-3-2-4-6-13/h2-10,15H,1H3,(H,22,24)(H2,21,23,25). The first kappa shape index (κ1) is 19.8.